The molecule has 166 valence electrons. The van der Waals surface area contributed by atoms with E-state index in [-0.39, 0.29) is 0 Å². The Balaban J connectivity index is 1.75. The SMILES string of the molecule is CCCCc1ncc(-c2occc2C(=O)OC)n1Cc1ccc(-c2ccccc2)c(C#N)c1. The standard InChI is InChI=1S/C27H25N3O3/c1-3-4-10-25-29-17-24(26-23(13-14-33-26)27(31)32-2)30(25)18-19-11-12-22(21(15-19)16-28)20-8-6-5-7-9-20/h5-9,11-15,17H,3-4,10,18H2,1-2H3. The minimum absolute atomic E-state index is 0.359. The van der Waals surface area contributed by atoms with E-state index in [2.05, 4.69) is 22.5 Å². The Morgan fingerprint density at radius 2 is 2.00 bits per heavy atom. The zero-order valence-corrected chi connectivity index (χ0v) is 18.7. The molecule has 0 aliphatic carbocycles. The minimum Gasteiger partial charge on any atom is -0.465 e. The van der Waals surface area contributed by atoms with E-state index in [0.29, 0.717) is 29.1 Å². The average Bonchev–Trinajstić information content (AvgIpc) is 3.49. The molecule has 6 heteroatoms. The molecule has 2 aromatic carbocycles. The van der Waals surface area contributed by atoms with Crippen molar-refractivity contribution in [2.45, 2.75) is 32.7 Å². The number of aryl methyl sites for hydroxylation is 1. The third-order valence-corrected chi connectivity index (χ3v) is 5.63. The van der Waals surface area contributed by atoms with E-state index in [0.717, 1.165) is 41.8 Å². The first-order valence-electron chi connectivity index (χ1n) is 10.9. The van der Waals surface area contributed by atoms with Crippen LogP contribution in [0.25, 0.3) is 22.6 Å². The van der Waals surface area contributed by atoms with Gasteiger partial charge in [0.25, 0.3) is 0 Å². The van der Waals surface area contributed by atoms with E-state index in [9.17, 15) is 10.1 Å². The predicted octanol–water partition coefficient (Wildman–Crippen LogP) is 5.86. The summed E-state index contributed by atoms with van der Waals surface area (Å²) in [6.07, 6.45) is 6.06. The van der Waals surface area contributed by atoms with Gasteiger partial charge in [0.15, 0.2) is 5.76 Å². The van der Waals surface area contributed by atoms with E-state index in [4.69, 9.17) is 9.15 Å². The smallest absolute Gasteiger partial charge is 0.341 e. The molecule has 0 saturated carbocycles. The highest BCUT2D eigenvalue weighted by molar-refractivity contribution is 5.95. The normalized spacial score (nSPS) is 10.7. The molecule has 2 heterocycles. The maximum atomic E-state index is 12.2. The summed E-state index contributed by atoms with van der Waals surface area (Å²) in [4.78, 5) is 16.9. The summed E-state index contributed by atoms with van der Waals surface area (Å²) in [5.74, 6) is 0.879. The molecule has 4 aromatic rings. The van der Waals surface area contributed by atoms with Crippen molar-refractivity contribution in [2.75, 3.05) is 7.11 Å². The molecule has 0 unspecified atom stereocenters. The maximum Gasteiger partial charge on any atom is 0.341 e. The van der Waals surface area contributed by atoms with E-state index in [1.807, 2.05) is 48.5 Å². The number of hydrogen-bond donors (Lipinski definition) is 0. The number of ether oxygens (including phenoxy) is 1. The van der Waals surface area contributed by atoms with Crippen LogP contribution in [0.15, 0.2) is 71.5 Å². The third kappa shape index (κ3) is 4.58. The fourth-order valence-corrected chi connectivity index (χ4v) is 3.92. The summed E-state index contributed by atoms with van der Waals surface area (Å²) in [5, 5.41) is 9.79. The minimum atomic E-state index is -0.458. The quantitative estimate of drug-likeness (QED) is 0.321. The predicted molar refractivity (Wildman–Crippen MR) is 126 cm³/mol. The second-order valence-electron chi connectivity index (χ2n) is 7.76. The van der Waals surface area contributed by atoms with Gasteiger partial charge in [0.1, 0.15) is 17.1 Å². The van der Waals surface area contributed by atoms with Gasteiger partial charge >= 0.3 is 5.97 Å². The second kappa shape index (κ2) is 10.0. The van der Waals surface area contributed by atoms with Crippen molar-refractivity contribution in [3.63, 3.8) is 0 Å². The Hall–Kier alpha value is -4.11. The lowest BCUT2D eigenvalue weighted by molar-refractivity contribution is 0.0601. The van der Waals surface area contributed by atoms with Crippen LogP contribution in [0, 0.1) is 11.3 Å². The Bertz CT molecular complexity index is 1300. The zero-order chi connectivity index (χ0) is 23.2. The van der Waals surface area contributed by atoms with Crippen LogP contribution in [0.3, 0.4) is 0 Å². The van der Waals surface area contributed by atoms with Crippen molar-refractivity contribution in [3.8, 4) is 28.7 Å². The van der Waals surface area contributed by atoms with Gasteiger partial charge in [-0.2, -0.15) is 5.26 Å². The molecule has 6 nitrogen and oxygen atoms in total. The van der Waals surface area contributed by atoms with E-state index in [1.165, 1.54) is 13.4 Å². The second-order valence-corrected chi connectivity index (χ2v) is 7.76. The van der Waals surface area contributed by atoms with Crippen LogP contribution in [0.1, 0.15) is 47.1 Å². The number of nitriles is 1. The van der Waals surface area contributed by atoms with Crippen LogP contribution in [-0.4, -0.2) is 22.6 Å². The van der Waals surface area contributed by atoms with Crippen molar-refractivity contribution in [3.05, 3.63) is 89.6 Å². The monoisotopic (exact) mass is 439 g/mol. The van der Waals surface area contributed by atoms with Gasteiger partial charge in [0.2, 0.25) is 0 Å². The van der Waals surface area contributed by atoms with E-state index in [1.54, 1.807) is 12.3 Å². The molecule has 0 N–H and O–H groups in total. The van der Waals surface area contributed by atoms with Gasteiger partial charge in [-0.1, -0.05) is 55.8 Å². The molecule has 0 aliphatic heterocycles. The topological polar surface area (TPSA) is 81.0 Å². The Morgan fingerprint density at radius 3 is 2.73 bits per heavy atom. The summed E-state index contributed by atoms with van der Waals surface area (Å²) >= 11 is 0. The van der Waals surface area contributed by atoms with Crippen molar-refractivity contribution in [1.29, 1.82) is 5.26 Å². The van der Waals surface area contributed by atoms with Crippen LogP contribution < -0.4 is 0 Å². The molecule has 2 aromatic heterocycles. The number of furan rings is 1. The summed E-state index contributed by atoms with van der Waals surface area (Å²) in [5.41, 5.74) is 4.55. The number of carbonyl (C=O) groups excluding carboxylic acids is 1. The van der Waals surface area contributed by atoms with Crippen molar-refractivity contribution in [1.82, 2.24) is 9.55 Å². The number of rotatable bonds is 8. The van der Waals surface area contributed by atoms with Crippen LogP contribution in [-0.2, 0) is 17.7 Å². The first kappa shape index (κ1) is 22.1. The number of carbonyl (C=O) groups is 1. The zero-order valence-electron chi connectivity index (χ0n) is 18.7. The van der Waals surface area contributed by atoms with Gasteiger partial charge in [-0.15, -0.1) is 0 Å². The molecule has 0 fully saturated rings. The Morgan fingerprint density at radius 1 is 1.18 bits per heavy atom. The van der Waals surface area contributed by atoms with Gasteiger partial charge in [0, 0.05) is 13.0 Å². The highest BCUT2D eigenvalue weighted by Gasteiger charge is 2.22. The molecule has 0 bridgehead atoms. The molecule has 0 spiro atoms. The molecule has 33 heavy (non-hydrogen) atoms. The first-order valence-corrected chi connectivity index (χ1v) is 10.9. The van der Waals surface area contributed by atoms with Crippen LogP contribution in [0.2, 0.25) is 0 Å². The lowest BCUT2D eigenvalue weighted by Crippen LogP contribution is -2.09. The highest BCUT2D eigenvalue weighted by Crippen LogP contribution is 2.29. The van der Waals surface area contributed by atoms with Gasteiger partial charge in [-0.05, 0) is 35.2 Å². The molecule has 0 atom stereocenters. The Labute approximate surface area is 193 Å². The first-order chi connectivity index (χ1) is 16.2. The van der Waals surface area contributed by atoms with Crippen molar-refractivity contribution >= 4 is 5.97 Å². The van der Waals surface area contributed by atoms with Gasteiger partial charge in [-0.3, -0.25) is 0 Å². The summed E-state index contributed by atoms with van der Waals surface area (Å²) in [6.45, 7) is 2.64. The van der Waals surface area contributed by atoms with E-state index < -0.39 is 5.97 Å². The van der Waals surface area contributed by atoms with Crippen LogP contribution in [0.4, 0.5) is 0 Å². The van der Waals surface area contributed by atoms with Gasteiger partial charge in [0.05, 0.1) is 31.2 Å². The number of benzene rings is 2. The summed E-state index contributed by atoms with van der Waals surface area (Å²) < 4.78 is 12.6. The van der Waals surface area contributed by atoms with Crippen molar-refractivity contribution in [2.24, 2.45) is 0 Å². The number of hydrogen-bond acceptors (Lipinski definition) is 5. The molecule has 0 saturated heterocycles. The fourth-order valence-electron chi connectivity index (χ4n) is 3.92. The number of esters is 1. The van der Waals surface area contributed by atoms with Crippen LogP contribution >= 0.6 is 0 Å². The number of unbranched alkanes of at least 4 members (excludes halogenated alkanes) is 1. The van der Waals surface area contributed by atoms with Crippen molar-refractivity contribution < 1.29 is 13.9 Å². The van der Waals surface area contributed by atoms with Gasteiger partial charge in [-0.25, -0.2) is 9.78 Å². The number of aromatic nitrogens is 2. The number of methoxy groups -OCH3 is 1. The molecule has 0 radical (unpaired) electrons. The van der Waals surface area contributed by atoms with Crippen LogP contribution in [0.5, 0.6) is 0 Å². The molecule has 0 amide bonds. The molecular weight excluding hydrogens is 414 g/mol. The lowest BCUT2D eigenvalue weighted by atomic mass is 9.98. The fraction of sp³-hybridized carbons (Fsp3) is 0.222. The molecule has 4 rings (SSSR count). The summed E-state index contributed by atoms with van der Waals surface area (Å²) in [7, 11) is 1.35. The maximum absolute atomic E-state index is 12.2. The molecular formula is C27H25N3O3. The molecule has 0 aliphatic rings. The highest BCUT2D eigenvalue weighted by atomic mass is 16.5. The lowest BCUT2D eigenvalue weighted by Gasteiger charge is -2.13. The van der Waals surface area contributed by atoms with E-state index >= 15 is 0 Å². The largest absolute Gasteiger partial charge is 0.465 e. The average molecular weight is 440 g/mol. The number of imidazole rings is 1. The number of nitrogens with zero attached hydrogens (tertiary/aromatic N) is 3. The summed E-state index contributed by atoms with van der Waals surface area (Å²) in [6, 6.07) is 19.7. The Kier molecular flexibility index (Phi) is 6.70. The van der Waals surface area contributed by atoms with Gasteiger partial charge < -0.3 is 13.7 Å². The third-order valence-electron chi connectivity index (χ3n) is 5.63.